The van der Waals surface area contributed by atoms with E-state index in [0.29, 0.717) is 18.8 Å². The van der Waals surface area contributed by atoms with Crippen LogP contribution in [0.15, 0.2) is 0 Å². The molecule has 2 aliphatic rings. The second-order valence-electron chi connectivity index (χ2n) is 5.03. The quantitative estimate of drug-likeness (QED) is 0.805. The maximum atomic E-state index is 12.5. The average Bonchev–Trinajstić information content (AvgIpc) is 2.82. The van der Waals surface area contributed by atoms with Crippen molar-refractivity contribution >= 4 is 23.8 Å². The Balaban J connectivity index is 2.08. The Morgan fingerprint density at radius 3 is 2.42 bits per heavy atom. The smallest absolute Gasteiger partial charge is 0.327 e. The zero-order chi connectivity index (χ0) is 14.0. The van der Waals surface area contributed by atoms with Gasteiger partial charge in [0.15, 0.2) is 0 Å². The van der Waals surface area contributed by atoms with Crippen LogP contribution in [0.1, 0.15) is 13.3 Å². The number of thioether (sulfide) groups is 1. The first-order valence-corrected chi connectivity index (χ1v) is 7.69. The number of carbonyl (C=O) groups excluding carboxylic acids is 1. The van der Waals surface area contributed by atoms with E-state index >= 15 is 0 Å². The fraction of sp³-hybridized carbons (Fsp3) is 0.833. The van der Waals surface area contributed by atoms with Crippen LogP contribution in [0.25, 0.3) is 0 Å². The van der Waals surface area contributed by atoms with Gasteiger partial charge in [0.05, 0.1) is 5.37 Å². The average molecular weight is 287 g/mol. The summed E-state index contributed by atoms with van der Waals surface area (Å²) in [6.45, 7) is 5.05. The first-order valence-electron chi connectivity index (χ1n) is 6.64. The van der Waals surface area contributed by atoms with Crippen molar-refractivity contribution in [2.75, 3.05) is 39.0 Å². The fourth-order valence-corrected chi connectivity index (χ4v) is 3.83. The van der Waals surface area contributed by atoms with Crippen LogP contribution < -0.4 is 0 Å². The summed E-state index contributed by atoms with van der Waals surface area (Å²) in [6, 6.07) is -0.792. The van der Waals surface area contributed by atoms with Crippen molar-refractivity contribution in [3.8, 4) is 0 Å². The molecule has 19 heavy (non-hydrogen) atoms. The van der Waals surface area contributed by atoms with Gasteiger partial charge in [0.2, 0.25) is 0 Å². The van der Waals surface area contributed by atoms with Crippen LogP contribution in [0.4, 0.5) is 4.79 Å². The molecule has 2 unspecified atom stereocenters. The normalized spacial score (nSPS) is 28.7. The molecule has 2 fully saturated rings. The molecule has 2 heterocycles. The van der Waals surface area contributed by atoms with Gasteiger partial charge >= 0.3 is 12.0 Å². The molecule has 2 amide bonds. The van der Waals surface area contributed by atoms with Gasteiger partial charge in [-0.3, -0.25) is 4.90 Å². The van der Waals surface area contributed by atoms with Crippen LogP contribution in [0.5, 0.6) is 0 Å². The van der Waals surface area contributed by atoms with Gasteiger partial charge in [-0.2, -0.15) is 0 Å². The molecule has 6 nitrogen and oxygen atoms in total. The van der Waals surface area contributed by atoms with E-state index in [-0.39, 0.29) is 11.4 Å². The highest BCUT2D eigenvalue weighted by atomic mass is 32.2. The van der Waals surface area contributed by atoms with E-state index in [9.17, 15) is 14.7 Å². The topological polar surface area (TPSA) is 64.1 Å². The van der Waals surface area contributed by atoms with Crippen LogP contribution >= 0.6 is 11.8 Å². The van der Waals surface area contributed by atoms with Crippen molar-refractivity contribution in [2.45, 2.75) is 24.8 Å². The van der Waals surface area contributed by atoms with Gasteiger partial charge in [-0.05, 0) is 13.5 Å². The maximum absolute atomic E-state index is 12.5. The number of carboxylic acid groups (broad SMARTS) is 1. The zero-order valence-electron chi connectivity index (χ0n) is 11.4. The maximum Gasteiger partial charge on any atom is 0.327 e. The summed E-state index contributed by atoms with van der Waals surface area (Å²) in [5.74, 6) is -0.404. The van der Waals surface area contributed by atoms with Crippen LogP contribution in [-0.4, -0.2) is 82.2 Å². The van der Waals surface area contributed by atoms with E-state index in [0.717, 1.165) is 19.5 Å². The van der Waals surface area contributed by atoms with Crippen LogP contribution in [0.2, 0.25) is 0 Å². The van der Waals surface area contributed by atoms with E-state index in [2.05, 4.69) is 4.90 Å². The highest BCUT2D eigenvalue weighted by Gasteiger charge is 2.42. The summed E-state index contributed by atoms with van der Waals surface area (Å²) in [6.07, 6.45) is 0.786. The van der Waals surface area contributed by atoms with E-state index < -0.39 is 12.0 Å². The molecule has 0 saturated carbocycles. The van der Waals surface area contributed by atoms with Gasteiger partial charge in [0.25, 0.3) is 0 Å². The summed E-state index contributed by atoms with van der Waals surface area (Å²) < 4.78 is 0. The Hall–Kier alpha value is -0.950. The number of carbonyl (C=O) groups is 2. The lowest BCUT2D eigenvalue weighted by Crippen LogP contribution is -2.56. The molecule has 0 spiro atoms. The Morgan fingerprint density at radius 1 is 1.26 bits per heavy atom. The third kappa shape index (κ3) is 2.97. The predicted molar refractivity (Wildman–Crippen MR) is 74.3 cm³/mol. The second-order valence-corrected chi connectivity index (χ2v) is 6.24. The largest absolute Gasteiger partial charge is 0.480 e. The molecule has 2 rings (SSSR count). The number of carboxylic acids is 1. The Kier molecular flexibility index (Phi) is 4.57. The summed E-state index contributed by atoms with van der Waals surface area (Å²) in [5.41, 5.74) is 0. The molecule has 0 aromatic heterocycles. The second kappa shape index (κ2) is 6.00. The van der Waals surface area contributed by atoms with E-state index in [1.165, 1.54) is 0 Å². The minimum Gasteiger partial charge on any atom is -0.480 e. The first kappa shape index (κ1) is 14.5. The van der Waals surface area contributed by atoms with Gasteiger partial charge in [-0.25, -0.2) is 9.59 Å². The molecule has 0 radical (unpaired) electrons. The molecule has 7 heteroatoms. The number of likely N-dealkylation sites (N-methyl/N-ethyl adjacent to an activating group) is 1. The van der Waals surface area contributed by atoms with Gasteiger partial charge in [0.1, 0.15) is 6.04 Å². The Bertz CT molecular complexity index is 358. The summed E-state index contributed by atoms with van der Waals surface area (Å²) in [5, 5.41) is 9.25. The standard InChI is InChI=1S/C12H21N3O3S/c1-3-10-15(9(8-19-10)11(16)17)12(18)14-6-4-13(2)5-7-14/h9-10H,3-8H2,1-2H3,(H,16,17). The van der Waals surface area contributed by atoms with Gasteiger partial charge < -0.3 is 14.9 Å². The van der Waals surface area contributed by atoms with E-state index in [1.54, 1.807) is 21.6 Å². The number of urea groups is 1. The highest BCUT2D eigenvalue weighted by Crippen LogP contribution is 2.32. The minimum atomic E-state index is -0.897. The molecule has 2 saturated heterocycles. The number of piperazine rings is 1. The fourth-order valence-electron chi connectivity index (χ4n) is 2.49. The Labute approximate surface area is 117 Å². The van der Waals surface area contributed by atoms with E-state index in [4.69, 9.17) is 0 Å². The van der Waals surface area contributed by atoms with Crippen molar-refractivity contribution in [3.05, 3.63) is 0 Å². The predicted octanol–water partition coefficient (Wildman–Crippen LogP) is 0.592. The Morgan fingerprint density at radius 2 is 1.89 bits per heavy atom. The minimum absolute atomic E-state index is 0.00624. The molecular formula is C12H21N3O3S. The lowest BCUT2D eigenvalue weighted by Gasteiger charge is -2.37. The van der Waals surface area contributed by atoms with Crippen LogP contribution in [-0.2, 0) is 4.79 Å². The highest BCUT2D eigenvalue weighted by molar-refractivity contribution is 8.00. The molecule has 2 atom stereocenters. The van der Waals surface area contributed by atoms with Crippen molar-refractivity contribution in [2.24, 2.45) is 0 Å². The molecule has 0 aliphatic carbocycles. The van der Waals surface area contributed by atoms with Gasteiger partial charge in [-0.1, -0.05) is 6.92 Å². The van der Waals surface area contributed by atoms with Gasteiger partial charge in [-0.15, -0.1) is 11.8 Å². The van der Waals surface area contributed by atoms with Crippen molar-refractivity contribution in [3.63, 3.8) is 0 Å². The third-order valence-corrected chi connectivity index (χ3v) is 5.17. The molecule has 0 aromatic rings. The molecule has 0 aromatic carbocycles. The van der Waals surface area contributed by atoms with Crippen LogP contribution in [0.3, 0.4) is 0 Å². The van der Waals surface area contributed by atoms with Crippen molar-refractivity contribution < 1.29 is 14.7 Å². The monoisotopic (exact) mass is 287 g/mol. The number of aliphatic carboxylic acids is 1. The number of rotatable bonds is 2. The summed E-state index contributed by atoms with van der Waals surface area (Å²) in [4.78, 5) is 29.4. The zero-order valence-corrected chi connectivity index (χ0v) is 12.2. The van der Waals surface area contributed by atoms with Crippen molar-refractivity contribution in [1.82, 2.24) is 14.7 Å². The molecule has 1 N–H and O–H groups in total. The first-order chi connectivity index (χ1) is 9.04. The third-order valence-electron chi connectivity index (χ3n) is 3.72. The summed E-state index contributed by atoms with van der Waals surface area (Å²) >= 11 is 1.57. The number of hydrogen-bond acceptors (Lipinski definition) is 4. The number of amides is 2. The van der Waals surface area contributed by atoms with Crippen LogP contribution in [0, 0.1) is 0 Å². The number of nitrogens with zero attached hydrogens (tertiary/aromatic N) is 3. The molecule has 2 aliphatic heterocycles. The molecule has 108 valence electrons. The van der Waals surface area contributed by atoms with Crippen molar-refractivity contribution in [1.29, 1.82) is 0 Å². The van der Waals surface area contributed by atoms with Gasteiger partial charge in [0, 0.05) is 31.9 Å². The lowest BCUT2D eigenvalue weighted by atomic mass is 10.2. The number of hydrogen-bond donors (Lipinski definition) is 1. The SMILES string of the molecule is CCC1SCC(C(=O)O)N1C(=O)N1CCN(C)CC1. The molecular weight excluding hydrogens is 266 g/mol. The molecule has 0 bridgehead atoms. The van der Waals surface area contributed by atoms with E-state index in [1.807, 2.05) is 14.0 Å². The lowest BCUT2D eigenvalue weighted by molar-refractivity contribution is -0.141. The summed E-state index contributed by atoms with van der Waals surface area (Å²) in [7, 11) is 2.03.